The minimum absolute atomic E-state index is 0.313. The molecule has 1 unspecified atom stereocenters. The molecule has 132 valence electrons. The standard InChI is InChI=1S/C17H15F3N2OS2/c18-17(19,20)13-6-7-15-14(10-13)22-16(24-15)21-8-9-25(23)11-12-4-2-1-3-5-12/h1-7,10H,8-9,11H2,(H,21,22). The van der Waals surface area contributed by atoms with E-state index in [1.807, 2.05) is 30.3 Å². The van der Waals surface area contributed by atoms with Crippen LogP contribution in [0.4, 0.5) is 18.3 Å². The van der Waals surface area contributed by atoms with Gasteiger partial charge in [-0.05, 0) is 23.8 Å². The molecule has 0 amide bonds. The third-order valence-electron chi connectivity index (χ3n) is 3.49. The molecule has 0 aliphatic carbocycles. The Morgan fingerprint density at radius 2 is 1.88 bits per heavy atom. The Hall–Kier alpha value is -1.93. The molecule has 3 nitrogen and oxygen atoms in total. The third-order valence-corrected chi connectivity index (χ3v) is 5.80. The smallest absolute Gasteiger partial charge is 0.361 e. The molecular weight excluding hydrogens is 369 g/mol. The molecular formula is C17H15F3N2OS2. The molecule has 1 aromatic heterocycles. The molecule has 3 aromatic rings. The minimum Gasteiger partial charge on any atom is -0.361 e. The second-order valence-corrected chi connectivity index (χ2v) is 8.01. The number of halogens is 3. The summed E-state index contributed by atoms with van der Waals surface area (Å²) in [5.41, 5.74) is 0.619. The monoisotopic (exact) mass is 384 g/mol. The van der Waals surface area contributed by atoms with Crippen molar-refractivity contribution in [2.24, 2.45) is 0 Å². The fourth-order valence-electron chi connectivity index (χ4n) is 2.28. The van der Waals surface area contributed by atoms with E-state index in [-0.39, 0.29) is 0 Å². The fourth-order valence-corrected chi connectivity index (χ4v) is 4.19. The van der Waals surface area contributed by atoms with Crippen molar-refractivity contribution < 1.29 is 17.4 Å². The SMILES string of the molecule is O=S(CCNc1nc2cc(C(F)(F)F)ccc2s1)Cc1ccccc1. The lowest BCUT2D eigenvalue weighted by molar-refractivity contribution is -0.137. The van der Waals surface area contributed by atoms with Crippen molar-refractivity contribution in [3.05, 3.63) is 59.7 Å². The molecule has 1 heterocycles. The normalized spacial score (nSPS) is 13.1. The van der Waals surface area contributed by atoms with Gasteiger partial charge in [-0.3, -0.25) is 4.21 Å². The number of hydrogen-bond donors (Lipinski definition) is 1. The van der Waals surface area contributed by atoms with Crippen LogP contribution >= 0.6 is 11.3 Å². The zero-order chi connectivity index (χ0) is 17.9. The summed E-state index contributed by atoms with van der Waals surface area (Å²) >= 11 is 1.28. The van der Waals surface area contributed by atoms with Crippen LogP contribution < -0.4 is 5.32 Å². The van der Waals surface area contributed by atoms with E-state index in [4.69, 9.17) is 0 Å². The number of hydrogen-bond acceptors (Lipinski definition) is 4. The first-order chi connectivity index (χ1) is 11.9. The molecule has 0 fully saturated rings. The van der Waals surface area contributed by atoms with Crippen LogP contribution in [0.5, 0.6) is 0 Å². The van der Waals surface area contributed by atoms with Gasteiger partial charge in [-0.2, -0.15) is 13.2 Å². The van der Waals surface area contributed by atoms with Crippen LogP contribution in [-0.4, -0.2) is 21.5 Å². The molecule has 8 heteroatoms. The van der Waals surface area contributed by atoms with Gasteiger partial charge in [-0.25, -0.2) is 4.98 Å². The lowest BCUT2D eigenvalue weighted by atomic mass is 10.2. The molecule has 0 saturated heterocycles. The zero-order valence-corrected chi connectivity index (χ0v) is 14.7. The first-order valence-corrected chi connectivity index (χ1v) is 9.83. The van der Waals surface area contributed by atoms with Crippen molar-refractivity contribution in [3.8, 4) is 0 Å². The van der Waals surface area contributed by atoms with Gasteiger partial charge >= 0.3 is 6.18 Å². The van der Waals surface area contributed by atoms with Gasteiger partial charge in [0.25, 0.3) is 0 Å². The summed E-state index contributed by atoms with van der Waals surface area (Å²) in [6.45, 7) is 0.450. The molecule has 25 heavy (non-hydrogen) atoms. The second-order valence-electron chi connectivity index (χ2n) is 5.40. The van der Waals surface area contributed by atoms with E-state index in [9.17, 15) is 17.4 Å². The molecule has 0 radical (unpaired) electrons. The summed E-state index contributed by atoms with van der Waals surface area (Å²) < 4.78 is 50.9. The van der Waals surface area contributed by atoms with Gasteiger partial charge in [0.15, 0.2) is 5.13 Å². The molecule has 0 aliphatic rings. The van der Waals surface area contributed by atoms with Crippen molar-refractivity contribution in [2.75, 3.05) is 17.6 Å². The Kier molecular flexibility index (Phi) is 5.39. The third kappa shape index (κ3) is 4.79. The molecule has 3 rings (SSSR count). The first-order valence-electron chi connectivity index (χ1n) is 7.52. The van der Waals surface area contributed by atoms with Crippen LogP contribution in [0, 0.1) is 0 Å². The van der Waals surface area contributed by atoms with E-state index in [0.29, 0.717) is 33.4 Å². The lowest BCUT2D eigenvalue weighted by Crippen LogP contribution is -2.12. The van der Waals surface area contributed by atoms with E-state index in [1.54, 1.807) is 0 Å². The zero-order valence-electron chi connectivity index (χ0n) is 13.0. The number of anilines is 1. The van der Waals surface area contributed by atoms with Gasteiger partial charge in [-0.1, -0.05) is 41.7 Å². The van der Waals surface area contributed by atoms with Crippen LogP contribution in [0.2, 0.25) is 0 Å². The van der Waals surface area contributed by atoms with Crippen molar-refractivity contribution in [2.45, 2.75) is 11.9 Å². The highest BCUT2D eigenvalue weighted by Crippen LogP contribution is 2.33. The number of aromatic nitrogens is 1. The summed E-state index contributed by atoms with van der Waals surface area (Å²) in [6.07, 6.45) is -4.38. The molecule has 1 atom stereocenters. The first kappa shape index (κ1) is 17.9. The van der Waals surface area contributed by atoms with Crippen LogP contribution in [0.25, 0.3) is 10.2 Å². The van der Waals surface area contributed by atoms with Gasteiger partial charge in [0.1, 0.15) is 0 Å². The maximum atomic E-state index is 12.7. The van der Waals surface area contributed by atoms with E-state index in [2.05, 4.69) is 10.3 Å². The molecule has 2 aromatic carbocycles. The Morgan fingerprint density at radius 1 is 1.12 bits per heavy atom. The highest BCUT2D eigenvalue weighted by molar-refractivity contribution is 7.84. The van der Waals surface area contributed by atoms with E-state index < -0.39 is 22.5 Å². The summed E-state index contributed by atoms with van der Waals surface area (Å²) in [5.74, 6) is 0.927. The number of benzene rings is 2. The maximum absolute atomic E-state index is 12.7. The molecule has 1 N–H and O–H groups in total. The van der Waals surface area contributed by atoms with Gasteiger partial charge in [0.2, 0.25) is 0 Å². The average Bonchev–Trinajstić information content (AvgIpc) is 2.96. The topological polar surface area (TPSA) is 42.0 Å². The predicted molar refractivity (Wildman–Crippen MR) is 96.3 cm³/mol. The van der Waals surface area contributed by atoms with E-state index >= 15 is 0 Å². The average molecular weight is 384 g/mol. The van der Waals surface area contributed by atoms with Gasteiger partial charge in [-0.15, -0.1) is 0 Å². The largest absolute Gasteiger partial charge is 0.416 e. The van der Waals surface area contributed by atoms with Crippen LogP contribution in [0.3, 0.4) is 0 Å². The van der Waals surface area contributed by atoms with Crippen LogP contribution in [0.1, 0.15) is 11.1 Å². The Balaban J connectivity index is 1.57. The summed E-state index contributed by atoms with van der Waals surface area (Å²) in [4.78, 5) is 4.18. The predicted octanol–water partition coefficient (Wildman–Crippen LogP) is 4.68. The maximum Gasteiger partial charge on any atom is 0.416 e. The molecule has 0 aliphatic heterocycles. The Morgan fingerprint density at radius 3 is 2.60 bits per heavy atom. The number of nitrogens with zero attached hydrogens (tertiary/aromatic N) is 1. The van der Waals surface area contributed by atoms with Crippen molar-refractivity contribution in [1.29, 1.82) is 0 Å². The number of alkyl halides is 3. The number of rotatable bonds is 6. The summed E-state index contributed by atoms with van der Waals surface area (Å²) in [7, 11) is -1.01. The molecule has 0 saturated carbocycles. The fraction of sp³-hybridized carbons (Fsp3) is 0.235. The highest BCUT2D eigenvalue weighted by Gasteiger charge is 2.30. The lowest BCUT2D eigenvalue weighted by Gasteiger charge is -2.04. The summed E-state index contributed by atoms with van der Waals surface area (Å²) in [5, 5.41) is 3.58. The molecule has 0 bridgehead atoms. The number of nitrogens with one attached hydrogen (secondary N) is 1. The second kappa shape index (κ2) is 7.53. The minimum atomic E-state index is -4.38. The van der Waals surface area contributed by atoms with Crippen molar-refractivity contribution in [3.63, 3.8) is 0 Å². The quantitative estimate of drug-likeness (QED) is 0.671. The molecule has 0 spiro atoms. The van der Waals surface area contributed by atoms with Crippen LogP contribution in [-0.2, 0) is 22.7 Å². The Labute approximate surface area is 149 Å². The van der Waals surface area contributed by atoms with Gasteiger partial charge in [0, 0.05) is 28.9 Å². The van der Waals surface area contributed by atoms with Crippen LogP contribution in [0.15, 0.2) is 48.5 Å². The van der Waals surface area contributed by atoms with Gasteiger partial charge < -0.3 is 5.32 Å². The highest BCUT2D eigenvalue weighted by atomic mass is 32.2. The number of thiazole rings is 1. The Bertz CT molecular complexity index is 878. The van der Waals surface area contributed by atoms with Crippen molar-refractivity contribution >= 4 is 37.5 Å². The van der Waals surface area contributed by atoms with Gasteiger partial charge in [0.05, 0.1) is 15.8 Å². The number of fused-ring (bicyclic) bond motifs is 1. The van der Waals surface area contributed by atoms with Crippen molar-refractivity contribution in [1.82, 2.24) is 4.98 Å². The summed E-state index contributed by atoms with van der Waals surface area (Å²) in [6, 6.07) is 13.1. The van der Waals surface area contributed by atoms with E-state index in [1.165, 1.54) is 17.4 Å². The van der Waals surface area contributed by atoms with E-state index in [0.717, 1.165) is 17.7 Å².